The van der Waals surface area contributed by atoms with Gasteiger partial charge in [0.05, 0.1) is 12.9 Å². The zero-order valence-electron chi connectivity index (χ0n) is 15.6. The van der Waals surface area contributed by atoms with Gasteiger partial charge in [0.25, 0.3) is 5.91 Å². The van der Waals surface area contributed by atoms with Crippen LogP contribution >= 0.6 is 0 Å². The molecule has 0 unspecified atom stereocenters. The number of rotatable bonds is 7. The van der Waals surface area contributed by atoms with Gasteiger partial charge in [0.2, 0.25) is 10.0 Å². The second-order valence-corrected chi connectivity index (χ2v) is 7.85. The van der Waals surface area contributed by atoms with Crippen molar-refractivity contribution in [1.29, 1.82) is 0 Å². The molecule has 1 aliphatic heterocycles. The average molecular weight is 443 g/mol. The lowest BCUT2D eigenvalue weighted by atomic mass is 10.1. The van der Waals surface area contributed by atoms with Crippen LogP contribution in [0.5, 0.6) is 0 Å². The summed E-state index contributed by atoms with van der Waals surface area (Å²) in [6.45, 7) is 2.99. The Hall–Kier alpha value is -2.65. The zero-order valence-corrected chi connectivity index (χ0v) is 16.4. The molecule has 3 rings (SSSR count). The van der Waals surface area contributed by atoms with Crippen molar-refractivity contribution in [3.8, 4) is 0 Å². The van der Waals surface area contributed by atoms with Crippen molar-refractivity contribution in [3.05, 3.63) is 24.1 Å². The van der Waals surface area contributed by atoms with Crippen LogP contribution in [0.4, 0.5) is 5.82 Å². The minimum atomic E-state index is -3.69. The lowest BCUT2D eigenvalue weighted by molar-refractivity contribution is -0.137. The molecule has 1 aliphatic rings. The second-order valence-electron chi connectivity index (χ2n) is 6.14. The van der Waals surface area contributed by atoms with Crippen molar-refractivity contribution >= 4 is 32.9 Å². The van der Waals surface area contributed by atoms with Gasteiger partial charge < -0.3 is 25.6 Å². The maximum atomic E-state index is 11.9. The lowest BCUT2D eigenvalue weighted by Gasteiger charge is -2.17. The predicted molar refractivity (Wildman–Crippen MR) is 108 cm³/mol. The van der Waals surface area contributed by atoms with Gasteiger partial charge in [-0.15, -0.1) is 0 Å². The molecule has 2 aromatic rings. The number of aromatic nitrogens is 4. The van der Waals surface area contributed by atoms with E-state index in [0.29, 0.717) is 11.3 Å². The number of nitrogens with zero attached hydrogens (tertiary/aromatic N) is 4. The Morgan fingerprint density at radius 1 is 1.33 bits per heavy atom. The number of ether oxygens (including phenoxy) is 1. The molecule has 0 aromatic carbocycles. The molecule has 1 saturated heterocycles. The molecule has 0 spiro atoms. The summed E-state index contributed by atoms with van der Waals surface area (Å²) in [6.07, 6.45) is -3.98. The number of anilines is 1. The molecule has 3 heterocycles. The molecule has 13 nitrogen and oxygen atoms in total. The summed E-state index contributed by atoms with van der Waals surface area (Å²) in [5.74, 6) is -0.157. The van der Waals surface area contributed by atoms with Gasteiger partial charge in [-0.2, -0.15) is 0 Å². The first-order valence-electron chi connectivity index (χ1n) is 8.49. The standard InChI is InChI=1S/C15H21N7O6S.CH4/c1-4-29(26,27)19-5-7-20-12(16-2)8-13(21-7)22(6-18-8)15-10(24)9(23)11(28-15)14(25)17-3;/h4,6,9-11,15,19,23-24H,1,5H2,2-3H3,(H,17,25)(H,16,20,21);1H4/t9-,10+,11-,15+;/m0./s1. The fraction of sp³-hybridized carbons (Fsp3) is 0.500. The number of amides is 1. The van der Waals surface area contributed by atoms with E-state index in [9.17, 15) is 23.4 Å². The highest BCUT2D eigenvalue weighted by Crippen LogP contribution is 2.32. The molecule has 1 amide bonds. The summed E-state index contributed by atoms with van der Waals surface area (Å²) in [7, 11) is -0.705. The first-order chi connectivity index (χ1) is 13.7. The quantitative estimate of drug-likeness (QED) is 0.335. The molecule has 5 N–H and O–H groups in total. The van der Waals surface area contributed by atoms with Crippen LogP contribution in [0.2, 0.25) is 0 Å². The van der Waals surface area contributed by atoms with E-state index in [2.05, 4.69) is 36.9 Å². The molecular weight excluding hydrogens is 418 g/mol. The minimum absolute atomic E-state index is 0. The number of hydrogen-bond donors (Lipinski definition) is 5. The van der Waals surface area contributed by atoms with E-state index in [0.717, 1.165) is 5.41 Å². The Bertz CT molecular complexity index is 1040. The fourth-order valence-corrected chi connectivity index (χ4v) is 3.32. The molecule has 0 saturated carbocycles. The molecule has 166 valence electrons. The van der Waals surface area contributed by atoms with Crippen LogP contribution in [-0.4, -0.2) is 76.5 Å². The average Bonchev–Trinajstić information content (AvgIpc) is 3.26. The van der Waals surface area contributed by atoms with E-state index in [1.807, 2.05) is 0 Å². The number of sulfonamides is 1. The zero-order chi connectivity index (χ0) is 21.3. The van der Waals surface area contributed by atoms with E-state index in [1.165, 1.54) is 17.9 Å². The van der Waals surface area contributed by atoms with Crippen molar-refractivity contribution < 1.29 is 28.2 Å². The number of likely N-dealkylation sites (N-methyl/N-ethyl adjacent to an activating group) is 1. The molecule has 30 heavy (non-hydrogen) atoms. The Morgan fingerprint density at radius 3 is 2.63 bits per heavy atom. The van der Waals surface area contributed by atoms with Crippen molar-refractivity contribution in [2.75, 3.05) is 19.4 Å². The summed E-state index contributed by atoms with van der Waals surface area (Å²) >= 11 is 0. The summed E-state index contributed by atoms with van der Waals surface area (Å²) in [4.78, 5) is 24.6. The van der Waals surface area contributed by atoms with Crippen LogP contribution in [-0.2, 0) is 26.1 Å². The van der Waals surface area contributed by atoms with Crippen LogP contribution < -0.4 is 15.4 Å². The maximum Gasteiger partial charge on any atom is 0.251 e. The topological polar surface area (TPSA) is 181 Å². The normalized spacial score (nSPS) is 23.7. The van der Waals surface area contributed by atoms with Crippen molar-refractivity contribution in [2.45, 2.75) is 38.5 Å². The molecule has 1 fully saturated rings. The van der Waals surface area contributed by atoms with E-state index in [-0.39, 0.29) is 25.4 Å². The van der Waals surface area contributed by atoms with Gasteiger partial charge in [0, 0.05) is 19.5 Å². The highest BCUT2D eigenvalue weighted by atomic mass is 32.2. The third kappa shape index (κ3) is 4.27. The van der Waals surface area contributed by atoms with Crippen LogP contribution in [0, 0.1) is 0 Å². The van der Waals surface area contributed by atoms with Gasteiger partial charge in [-0.05, 0) is 0 Å². The third-order valence-electron chi connectivity index (χ3n) is 4.37. The smallest absolute Gasteiger partial charge is 0.251 e. The van der Waals surface area contributed by atoms with E-state index in [4.69, 9.17) is 4.74 Å². The second kappa shape index (κ2) is 9.01. The highest BCUT2D eigenvalue weighted by Gasteiger charge is 2.47. The predicted octanol–water partition coefficient (Wildman–Crippen LogP) is -1.57. The number of carbonyl (C=O) groups is 1. The maximum absolute atomic E-state index is 11.9. The third-order valence-corrected chi connectivity index (χ3v) is 5.36. The number of nitrogens with one attached hydrogen (secondary N) is 3. The Kier molecular flexibility index (Phi) is 7.10. The number of aliphatic hydroxyl groups is 2. The Labute approximate surface area is 173 Å². The van der Waals surface area contributed by atoms with Crippen LogP contribution in [0.25, 0.3) is 11.2 Å². The molecular formula is C16H25N7O6S. The highest BCUT2D eigenvalue weighted by molar-refractivity contribution is 7.92. The number of hydrogen-bond acceptors (Lipinski definition) is 10. The number of aliphatic hydroxyl groups excluding tert-OH is 2. The van der Waals surface area contributed by atoms with Gasteiger partial charge in [-0.3, -0.25) is 9.36 Å². The fourth-order valence-electron chi connectivity index (χ4n) is 2.87. The van der Waals surface area contributed by atoms with Gasteiger partial charge in [-0.1, -0.05) is 14.0 Å². The van der Waals surface area contributed by atoms with Gasteiger partial charge in [0.1, 0.15) is 18.0 Å². The Morgan fingerprint density at radius 2 is 2.03 bits per heavy atom. The van der Waals surface area contributed by atoms with Crippen LogP contribution in [0.1, 0.15) is 19.5 Å². The van der Waals surface area contributed by atoms with Gasteiger partial charge in [0.15, 0.2) is 29.3 Å². The number of imidazole rings is 1. The number of fused-ring (bicyclic) bond motifs is 1. The summed E-state index contributed by atoms with van der Waals surface area (Å²) < 4.78 is 32.3. The van der Waals surface area contributed by atoms with Crippen molar-refractivity contribution in [3.63, 3.8) is 0 Å². The summed E-state index contributed by atoms with van der Waals surface area (Å²) in [5.41, 5.74) is 0.544. The largest absolute Gasteiger partial charge is 0.387 e. The van der Waals surface area contributed by atoms with Gasteiger partial charge >= 0.3 is 0 Å². The monoisotopic (exact) mass is 443 g/mol. The Balaban J connectivity index is 0.00000320. The van der Waals surface area contributed by atoms with E-state index in [1.54, 1.807) is 7.05 Å². The minimum Gasteiger partial charge on any atom is -0.387 e. The molecule has 2 aromatic heterocycles. The van der Waals surface area contributed by atoms with E-state index < -0.39 is 40.5 Å². The molecule has 0 bridgehead atoms. The molecule has 4 atom stereocenters. The van der Waals surface area contributed by atoms with Crippen LogP contribution in [0.3, 0.4) is 0 Å². The molecule has 14 heteroatoms. The molecule has 0 aliphatic carbocycles. The first kappa shape index (κ1) is 23.6. The van der Waals surface area contributed by atoms with Crippen molar-refractivity contribution in [1.82, 2.24) is 29.6 Å². The first-order valence-corrected chi connectivity index (χ1v) is 10.0. The number of carbonyl (C=O) groups excluding carboxylic acids is 1. The van der Waals surface area contributed by atoms with Crippen molar-refractivity contribution in [2.24, 2.45) is 0 Å². The summed E-state index contributed by atoms with van der Waals surface area (Å²) in [6, 6.07) is 0. The van der Waals surface area contributed by atoms with E-state index >= 15 is 0 Å². The van der Waals surface area contributed by atoms with Crippen LogP contribution in [0.15, 0.2) is 18.3 Å². The summed E-state index contributed by atoms with van der Waals surface area (Å²) in [5, 5.41) is 26.5. The lowest BCUT2D eigenvalue weighted by Crippen LogP contribution is -2.41. The van der Waals surface area contributed by atoms with Gasteiger partial charge in [-0.25, -0.2) is 28.1 Å². The SMILES string of the molecule is C.C=CS(=O)(=O)NCc1nc(NC)c2ncn([C@@H]3O[C@H](C(=O)NC)[C@@H](O)[C@H]3O)c2n1. The molecule has 0 radical (unpaired) electrons.